The molecule has 0 spiro atoms. The normalized spacial score (nSPS) is 11.1. The number of benzene rings is 9. The van der Waals surface area contributed by atoms with Crippen LogP contribution in [0.2, 0.25) is 0 Å². The molecular formula is C64H39N7. The van der Waals surface area contributed by atoms with Gasteiger partial charge in [0.05, 0.1) is 62.8 Å². The molecule has 71 heavy (non-hydrogen) atoms. The molecule has 9 aromatic carbocycles. The predicted octanol–water partition coefficient (Wildman–Crippen LogP) is 15.4. The lowest BCUT2D eigenvalue weighted by molar-refractivity contribution is 1.13. The first kappa shape index (κ1) is 42.3. The maximum absolute atomic E-state index is 9.59. The zero-order chi connectivity index (χ0) is 47.7. The summed E-state index contributed by atoms with van der Waals surface area (Å²) in [5, 5.41) is 21.3. The average Bonchev–Trinajstić information content (AvgIpc) is 3.78. The van der Waals surface area contributed by atoms with E-state index in [2.05, 4.69) is 132 Å². The van der Waals surface area contributed by atoms with Crippen LogP contribution in [0.15, 0.2) is 237 Å². The van der Waals surface area contributed by atoms with Crippen molar-refractivity contribution in [3.05, 3.63) is 248 Å². The molecule has 7 nitrogen and oxygen atoms in total. The summed E-state index contributed by atoms with van der Waals surface area (Å²) in [4.78, 5) is 21.4. The van der Waals surface area contributed by atoms with Gasteiger partial charge in [0.1, 0.15) is 0 Å². The Morgan fingerprint density at radius 1 is 0.296 bits per heavy atom. The van der Waals surface area contributed by atoms with Gasteiger partial charge >= 0.3 is 0 Å². The average molecular weight is 906 g/mol. The quantitative estimate of drug-likeness (QED) is 0.143. The van der Waals surface area contributed by atoms with E-state index in [0.29, 0.717) is 22.8 Å². The van der Waals surface area contributed by atoms with Crippen molar-refractivity contribution < 1.29 is 0 Å². The minimum atomic E-state index is 0.544. The first-order chi connectivity index (χ1) is 35.1. The van der Waals surface area contributed by atoms with Crippen LogP contribution >= 0.6 is 0 Å². The lowest BCUT2D eigenvalue weighted by Gasteiger charge is -2.17. The molecule has 330 valence electrons. The number of hydrogen-bond acceptors (Lipinski definition) is 6. The molecule has 12 aromatic rings. The Hall–Kier alpha value is -10.1. The van der Waals surface area contributed by atoms with E-state index < -0.39 is 0 Å². The van der Waals surface area contributed by atoms with E-state index in [4.69, 9.17) is 19.9 Å². The molecular weight excluding hydrogens is 867 g/mol. The maximum atomic E-state index is 9.59. The SMILES string of the molecule is N#Cc1ccc(-c2ccc3c(c2)c2cc(-c4ccc(C#N)cc4)ccc2n3-c2ccc(-c3nc(-c4ccccc4)cc(-c4ccccc4)n3)cc2-c2nc(-c3ccccc3)cc(-c3ccccc3)n2)cc1. The molecule has 0 aliphatic carbocycles. The Morgan fingerprint density at radius 3 is 1.03 bits per heavy atom. The smallest absolute Gasteiger partial charge is 0.162 e. The molecule has 0 atom stereocenters. The number of aromatic nitrogens is 5. The number of fused-ring (bicyclic) bond motifs is 3. The van der Waals surface area contributed by atoms with E-state index in [1.807, 2.05) is 121 Å². The molecule has 7 heteroatoms. The number of rotatable bonds is 9. The second-order valence-electron chi connectivity index (χ2n) is 17.3. The van der Waals surface area contributed by atoms with Crippen LogP contribution in [0.4, 0.5) is 0 Å². The highest BCUT2D eigenvalue weighted by Gasteiger charge is 2.22. The summed E-state index contributed by atoms with van der Waals surface area (Å²) >= 11 is 0. The minimum absolute atomic E-state index is 0.544. The molecule has 0 N–H and O–H groups in total. The Morgan fingerprint density at radius 2 is 0.648 bits per heavy atom. The molecule has 0 radical (unpaired) electrons. The molecule has 0 unspecified atom stereocenters. The fourth-order valence-electron chi connectivity index (χ4n) is 9.34. The van der Waals surface area contributed by atoms with Crippen molar-refractivity contribution in [2.24, 2.45) is 0 Å². The summed E-state index contributed by atoms with van der Waals surface area (Å²) in [6.07, 6.45) is 0. The number of nitriles is 2. The monoisotopic (exact) mass is 905 g/mol. The van der Waals surface area contributed by atoms with E-state index in [0.717, 1.165) is 106 Å². The lowest BCUT2D eigenvalue weighted by atomic mass is 9.99. The Bertz CT molecular complexity index is 3790. The second kappa shape index (κ2) is 18.2. The van der Waals surface area contributed by atoms with Gasteiger partial charge in [0, 0.05) is 44.2 Å². The van der Waals surface area contributed by atoms with Crippen molar-refractivity contribution in [3.63, 3.8) is 0 Å². The highest BCUT2D eigenvalue weighted by molar-refractivity contribution is 6.12. The van der Waals surface area contributed by atoms with E-state index >= 15 is 0 Å². The molecule has 0 fully saturated rings. The van der Waals surface area contributed by atoms with Gasteiger partial charge in [-0.2, -0.15) is 10.5 Å². The van der Waals surface area contributed by atoms with Crippen molar-refractivity contribution in [1.29, 1.82) is 10.5 Å². The van der Waals surface area contributed by atoms with Crippen molar-refractivity contribution in [3.8, 4) is 108 Å². The predicted molar refractivity (Wildman–Crippen MR) is 285 cm³/mol. The van der Waals surface area contributed by atoms with Gasteiger partial charge in [0.2, 0.25) is 0 Å². The molecule has 0 amide bonds. The minimum Gasteiger partial charge on any atom is -0.308 e. The van der Waals surface area contributed by atoms with Crippen molar-refractivity contribution in [2.75, 3.05) is 0 Å². The summed E-state index contributed by atoms with van der Waals surface area (Å²) in [5.74, 6) is 1.12. The van der Waals surface area contributed by atoms with Crippen molar-refractivity contribution >= 4 is 21.8 Å². The highest BCUT2D eigenvalue weighted by Crippen LogP contribution is 2.41. The zero-order valence-electron chi connectivity index (χ0n) is 38.1. The molecule has 3 heterocycles. The molecule has 0 aliphatic heterocycles. The van der Waals surface area contributed by atoms with E-state index in [-0.39, 0.29) is 0 Å². The van der Waals surface area contributed by atoms with Gasteiger partial charge in [-0.1, -0.05) is 158 Å². The van der Waals surface area contributed by atoms with Crippen LogP contribution in [0.3, 0.4) is 0 Å². The van der Waals surface area contributed by atoms with Crippen molar-refractivity contribution in [1.82, 2.24) is 24.5 Å². The zero-order valence-corrected chi connectivity index (χ0v) is 38.1. The third-order valence-electron chi connectivity index (χ3n) is 12.9. The van der Waals surface area contributed by atoms with Crippen LogP contribution in [0.25, 0.3) is 118 Å². The van der Waals surface area contributed by atoms with E-state index in [1.165, 1.54) is 0 Å². The summed E-state index contributed by atoms with van der Waals surface area (Å²) in [7, 11) is 0. The third-order valence-corrected chi connectivity index (χ3v) is 12.9. The Labute approximate surface area is 410 Å². The lowest BCUT2D eigenvalue weighted by Crippen LogP contribution is -2.03. The van der Waals surface area contributed by atoms with Gasteiger partial charge in [0.15, 0.2) is 11.6 Å². The molecule has 0 aliphatic rings. The van der Waals surface area contributed by atoms with E-state index in [1.54, 1.807) is 0 Å². The fourth-order valence-corrected chi connectivity index (χ4v) is 9.34. The topological polar surface area (TPSA) is 104 Å². The van der Waals surface area contributed by atoms with Gasteiger partial charge in [-0.15, -0.1) is 0 Å². The number of nitrogens with zero attached hydrogens (tertiary/aromatic N) is 7. The Balaban J connectivity index is 1.14. The van der Waals surface area contributed by atoms with Gasteiger partial charge in [-0.25, -0.2) is 19.9 Å². The summed E-state index contributed by atoms with van der Waals surface area (Å²) in [6.45, 7) is 0. The Kier molecular flexibility index (Phi) is 10.8. The van der Waals surface area contributed by atoms with Crippen LogP contribution < -0.4 is 0 Å². The van der Waals surface area contributed by atoms with Gasteiger partial charge in [-0.05, 0) is 101 Å². The van der Waals surface area contributed by atoms with Gasteiger partial charge in [-0.3, -0.25) is 0 Å². The molecule has 3 aromatic heterocycles. The van der Waals surface area contributed by atoms with Gasteiger partial charge in [0.25, 0.3) is 0 Å². The summed E-state index contributed by atoms with van der Waals surface area (Å²) in [5.41, 5.74) is 16.9. The standard InChI is InChI=1S/C64H39N7/c65-40-42-21-25-44(26-22-42)50-29-32-60-53(35-50)54-36-51(45-27-23-43(41-66)24-28-45)30-33-61(54)71(60)62-34-31-52(63-67-56(46-13-5-1-6-14-46)38-57(68-63)47-15-7-2-8-16-47)37-55(62)64-69-58(48-17-9-3-10-18-48)39-59(70-64)49-19-11-4-12-20-49/h1-39H. The van der Waals surface area contributed by atoms with E-state index in [9.17, 15) is 10.5 Å². The van der Waals surface area contributed by atoms with Crippen molar-refractivity contribution in [2.45, 2.75) is 0 Å². The number of hydrogen-bond donors (Lipinski definition) is 0. The fraction of sp³-hybridized carbons (Fsp3) is 0. The maximum Gasteiger partial charge on any atom is 0.162 e. The van der Waals surface area contributed by atoms with Crippen LogP contribution in [0.1, 0.15) is 11.1 Å². The largest absolute Gasteiger partial charge is 0.308 e. The van der Waals surface area contributed by atoms with Crippen LogP contribution in [0.5, 0.6) is 0 Å². The molecule has 0 bridgehead atoms. The molecule has 12 rings (SSSR count). The van der Waals surface area contributed by atoms with Gasteiger partial charge < -0.3 is 4.57 Å². The molecule has 0 saturated carbocycles. The first-order valence-electron chi connectivity index (χ1n) is 23.3. The van der Waals surface area contributed by atoms with Crippen LogP contribution in [0, 0.1) is 22.7 Å². The first-order valence-corrected chi connectivity index (χ1v) is 23.3. The van der Waals surface area contributed by atoms with Crippen LogP contribution in [-0.2, 0) is 0 Å². The third kappa shape index (κ3) is 8.16. The summed E-state index contributed by atoms with van der Waals surface area (Å²) in [6, 6.07) is 84.4. The highest BCUT2D eigenvalue weighted by atomic mass is 15.0. The second-order valence-corrected chi connectivity index (χ2v) is 17.3. The summed E-state index contributed by atoms with van der Waals surface area (Å²) < 4.78 is 2.31. The molecule has 0 saturated heterocycles. The van der Waals surface area contributed by atoms with Crippen LogP contribution in [-0.4, -0.2) is 24.5 Å².